The maximum absolute atomic E-state index is 12.9. The van der Waals surface area contributed by atoms with E-state index in [-0.39, 0.29) is 17.5 Å². The fourth-order valence-electron chi connectivity index (χ4n) is 5.03. The van der Waals surface area contributed by atoms with Gasteiger partial charge in [0.05, 0.1) is 30.8 Å². The Hall–Kier alpha value is -1.70. The van der Waals surface area contributed by atoms with Crippen LogP contribution in [0.1, 0.15) is 43.4 Å². The molecule has 1 aromatic heterocycles. The van der Waals surface area contributed by atoms with Crippen LogP contribution < -0.4 is 0 Å². The van der Waals surface area contributed by atoms with Crippen LogP contribution in [-0.4, -0.2) is 55.4 Å². The number of methoxy groups -OCH3 is 1. The van der Waals surface area contributed by atoms with Crippen LogP contribution in [0.4, 0.5) is 0 Å². The molecule has 2 fully saturated rings. The third-order valence-corrected chi connectivity index (χ3v) is 8.27. The predicted molar refractivity (Wildman–Crippen MR) is 117 cm³/mol. The summed E-state index contributed by atoms with van der Waals surface area (Å²) in [6.07, 6.45) is 8.47. The second kappa shape index (κ2) is 9.62. The van der Waals surface area contributed by atoms with E-state index in [1.165, 1.54) is 39.2 Å². The number of hydrogen-bond donors (Lipinski definition) is 0. The summed E-state index contributed by atoms with van der Waals surface area (Å²) in [7, 11) is -1.98. The van der Waals surface area contributed by atoms with Crippen LogP contribution in [0.5, 0.6) is 0 Å². The van der Waals surface area contributed by atoms with Crippen LogP contribution in [-0.2, 0) is 27.7 Å². The lowest BCUT2D eigenvalue weighted by molar-refractivity contribution is 0.0804. The molecule has 1 aliphatic heterocycles. The molecule has 4 rings (SSSR count). The third kappa shape index (κ3) is 4.95. The van der Waals surface area contributed by atoms with Crippen molar-refractivity contribution in [3.05, 3.63) is 47.8 Å². The molecule has 2 heterocycles. The zero-order chi connectivity index (χ0) is 21.0. The summed E-state index contributed by atoms with van der Waals surface area (Å²) < 4.78 is 32.7. The van der Waals surface area contributed by atoms with Crippen LogP contribution in [0.15, 0.2) is 41.7 Å². The fourth-order valence-corrected chi connectivity index (χ4v) is 6.33. The normalized spacial score (nSPS) is 22.7. The first-order chi connectivity index (χ1) is 14.6. The van der Waals surface area contributed by atoms with Gasteiger partial charge in [-0.3, -0.25) is 4.90 Å². The Kier molecular flexibility index (Phi) is 6.91. The number of aromatic nitrogens is 2. The van der Waals surface area contributed by atoms with Crippen molar-refractivity contribution in [3.63, 3.8) is 0 Å². The maximum atomic E-state index is 12.9. The van der Waals surface area contributed by atoms with Gasteiger partial charge in [-0.25, -0.2) is 13.4 Å². The molecule has 1 saturated carbocycles. The number of rotatable bonds is 8. The van der Waals surface area contributed by atoms with Gasteiger partial charge in [0, 0.05) is 20.2 Å². The summed E-state index contributed by atoms with van der Waals surface area (Å²) in [6.45, 7) is 3.64. The van der Waals surface area contributed by atoms with E-state index < -0.39 is 9.84 Å². The molecule has 164 valence electrons. The number of benzene rings is 1. The van der Waals surface area contributed by atoms with Crippen molar-refractivity contribution in [2.24, 2.45) is 11.8 Å². The monoisotopic (exact) mass is 431 g/mol. The van der Waals surface area contributed by atoms with Gasteiger partial charge in [-0.2, -0.15) is 0 Å². The highest BCUT2D eigenvalue weighted by molar-refractivity contribution is 7.91. The summed E-state index contributed by atoms with van der Waals surface area (Å²) in [4.78, 5) is 6.87. The molecule has 1 aliphatic carbocycles. The SMILES string of the molecule is COCCS(=O)(=O)c1ncc(CN2CC[C@@H]3CCCC[C@H]3C2)n1Cc1ccccc1. The Morgan fingerprint density at radius 2 is 1.83 bits per heavy atom. The maximum Gasteiger partial charge on any atom is 0.228 e. The number of imidazole rings is 1. The van der Waals surface area contributed by atoms with Crippen molar-refractivity contribution in [2.45, 2.75) is 50.4 Å². The van der Waals surface area contributed by atoms with Crippen LogP contribution in [0.25, 0.3) is 0 Å². The number of sulfone groups is 1. The number of hydrogen-bond acceptors (Lipinski definition) is 5. The molecule has 1 aromatic carbocycles. The summed E-state index contributed by atoms with van der Waals surface area (Å²) in [5, 5.41) is 0.158. The molecular formula is C23H33N3O3S. The Bertz CT molecular complexity index is 926. The molecule has 1 saturated heterocycles. The average Bonchev–Trinajstić information content (AvgIpc) is 3.16. The van der Waals surface area contributed by atoms with Crippen LogP contribution >= 0.6 is 0 Å². The average molecular weight is 432 g/mol. The second-order valence-corrected chi connectivity index (χ2v) is 10.7. The highest BCUT2D eigenvalue weighted by atomic mass is 32.2. The zero-order valence-electron chi connectivity index (χ0n) is 17.9. The van der Waals surface area contributed by atoms with E-state index in [1.807, 2.05) is 34.9 Å². The summed E-state index contributed by atoms with van der Waals surface area (Å²) in [5.74, 6) is 1.62. The van der Waals surface area contributed by atoms with E-state index in [2.05, 4.69) is 9.88 Å². The number of piperidine rings is 1. The smallest absolute Gasteiger partial charge is 0.228 e. The lowest BCUT2D eigenvalue weighted by atomic mass is 9.75. The minimum Gasteiger partial charge on any atom is -0.384 e. The molecule has 0 radical (unpaired) electrons. The van der Waals surface area contributed by atoms with E-state index in [0.717, 1.165) is 42.7 Å². The molecule has 0 bridgehead atoms. The number of nitrogens with zero attached hydrogens (tertiary/aromatic N) is 3. The third-order valence-electron chi connectivity index (χ3n) is 6.68. The summed E-state index contributed by atoms with van der Waals surface area (Å²) >= 11 is 0. The molecule has 0 amide bonds. The Labute approximate surface area is 180 Å². The van der Waals surface area contributed by atoms with Crippen molar-refractivity contribution >= 4 is 9.84 Å². The standard InChI is InChI=1S/C23H33N3O3S/c1-29-13-14-30(27,28)23-24-15-22(26(23)16-19-7-3-2-4-8-19)18-25-12-11-20-9-5-6-10-21(20)17-25/h2-4,7-8,15,20-21H,5-6,9-14,16-18H2,1H3/t20-,21-/m0/s1. The van der Waals surface area contributed by atoms with Gasteiger partial charge in [0.15, 0.2) is 0 Å². The summed E-state index contributed by atoms with van der Waals surface area (Å²) in [5.41, 5.74) is 2.05. The molecular weight excluding hydrogens is 398 g/mol. The van der Waals surface area contributed by atoms with Crippen molar-refractivity contribution < 1.29 is 13.2 Å². The van der Waals surface area contributed by atoms with Crippen LogP contribution in [0, 0.1) is 11.8 Å². The molecule has 2 atom stereocenters. The van der Waals surface area contributed by atoms with Gasteiger partial charge in [0.25, 0.3) is 0 Å². The van der Waals surface area contributed by atoms with Crippen molar-refractivity contribution in [1.82, 2.24) is 14.5 Å². The first-order valence-corrected chi connectivity index (χ1v) is 12.7. The quantitative estimate of drug-likeness (QED) is 0.641. The molecule has 0 spiro atoms. The van der Waals surface area contributed by atoms with Crippen molar-refractivity contribution in [1.29, 1.82) is 0 Å². The first-order valence-electron chi connectivity index (χ1n) is 11.1. The Balaban J connectivity index is 1.57. The number of fused-ring (bicyclic) bond motifs is 1. The molecule has 0 N–H and O–H groups in total. The van der Waals surface area contributed by atoms with Gasteiger partial charge >= 0.3 is 0 Å². The largest absolute Gasteiger partial charge is 0.384 e. The van der Waals surface area contributed by atoms with Crippen LogP contribution in [0.3, 0.4) is 0 Å². The predicted octanol–water partition coefficient (Wildman–Crippen LogP) is 3.36. The molecule has 0 unspecified atom stereocenters. The lowest BCUT2D eigenvalue weighted by Gasteiger charge is -2.41. The van der Waals surface area contributed by atoms with E-state index in [9.17, 15) is 8.42 Å². The van der Waals surface area contributed by atoms with Gasteiger partial charge in [0.2, 0.25) is 15.0 Å². The molecule has 30 heavy (non-hydrogen) atoms. The van der Waals surface area contributed by atoms with E-state index in [4.69, 9.17) is 4.74 Å². The van der Waals surface area contributed by atoms with Gasteiger partial charge in [-0.05, 0) is 36.8 Å². The number of ether oxygens (including phenoxy) is 1. The second-order valence-electron chi connectivity index (χ2n) is 8.74. The summed E-state index contributed by atoms with van der Waals surface area (Å²) in [6, 6.07) is 10.0. The van der Waals surface area contributed by atoms with Gasteiger partial charge in [-0.15, -0.1) is 0 Å². The van der Waals surface area contributed by atoms with Gasteiger partial charge in [0.1, 0.15) is 0 Å². The topological polar surface area (TPSA) is 64.4 Å². The van der Waals surface area contributed by atoms with Gasteiger partial charge < -0.3 is 9.30 Å². The van der Waals surface area contributed by atoms with E-state index >= 15 is 0 Å². The highest BCUT2D eigenvalue weighted by Crippen LogP contribution is 2.36. The lowest BCUT2D eigenvalue weighted by Crippen LogP contribution is -2.41. The Morgan fingerprint density at radius 1 is 1.07 bits per heavy atom. The van der Waals surface area contributed by atoms with Crippen LogP contribution in [0.2, 0.25) is 0 Å². The number of likely N-dealkylation sites (tertiary alicyclic amines) is 1. The first kappa shape index (κ1) is 21.5. The zero-order valence-corrected chi connectivity index (χ0v) is 18.7. The van der Waals surface area contributed by atoms with E-state index in [0.29, 0.717) is 6.54 Å². The minimum atomic E-state index is -3.50. The van der Waals surface area contributed by atoms with E-state index in [1.54, 1.807) is 6.20 Å². The molecule has 6 nitrogen and oxygen atoms in total. The highest BCUT2D eigenvalue weighted by Gasteiger charge is 2.32. The minimum absolute atomic E-state index is 0.0534. The molecule has 7 heteroatoms. The molecule has 2 aromatic rings. The van der Waals surface area contributed by atoms with Crippen molar-refractivity contribution in [3.8, 4) is 0 Å². The molecule has 2 aliphatic rings. The fraction of sp³-hybridized carbons (Fsp3) is 0.609. The van der Waals surface area contributed by atoms with Gasteiger partial charge in [-0.1, -0.05) is 49.6 Å². The van der Waals surface area contributed by atoms with Crippen molar-refractivity contribution in [2.75, 3.05) is 32.6 Å². The Morgan fingerprint density at radius 3 is 2.60 bits per heavy atom.